The van der Waals surface area contributed by atoms with Gasteiger partial charge in [-0.1, -0.05) is 0 Å². The molecule has 0 saturated heterocycles. The molecule has 0 fully saturated rings. The van der Waals surface area contributed by atoms with Gasteiger partial charge >= 0.3 is 0 Å². The summed E-state index contributed by atoms with van der Waals surface area (Å²) in [6.07, 6.45) is 6.49. The minimum atomic E-state index is 0.251. The number of fused-ring (bicyclic) bond motifs is 1. The molecular formula is C12H14N2O2. The van der Waals surface area contributed by atoms with E-state index in [1.54, 1.807) is 6.20 Å². The van der Waals surface area contributed by atoms with Crippen LogP contribution in [0.4, 0.5) is 0 Å². The highest BCUT2D eigenvalue weighted by Gasteiger charge is 2.22. The summed E-state index contributed by atoms with van der Waals surface area (Å²) in [5, 5.41) is 15.8. The van der Waals surface area contributed by atoms with E-state index in [4.69, 9.17) is 9.52 Å². The van der Waals surface area contributed by atoms with Gasteiger partial charge in [0.15, 0.2) is 0 Å². The third kappa shape index (κ3) is 1.55. The summed E-state index contributed by atoms with van der Waals surface area (Å²) in [7, 11) is 0. The van der Waals surface area contributed by atoms with Crippen LogP contribution in [0.1, 0.15) is 17.7 Å². The van der Waals surface area contributed by atoms with E-state index in [1.165, 1.54) is 5.56 Å². The molecule has 0 saturated carbocycles. The molecule has 84 valence electrons. The molecule has 2 N–H and O–H groups in total. The highest BCUT2D eigenvalue weighted by molar-refractivity contribution is 5.56. The molecule has 0 amide bonds. The van der Waals surface area contributed by atoms with Crippen molar-refractivity contribution in [3.8, 4) is 11.3 Å². The van der Waals surface area contributed by atoms with E-state index in [9.17, 15) is 0 Å². The van der Waals surface area contributed by atoms with Crippen LogP contribution in [0.2, 0.25) is 0 Å². The van der Waals surface area contributed by atoms with E-state index in [2.05, 4.69) is 16.3 Å². The number of hydrogen-bond donors (Lipinski definition) is 2. The zero-order valence-corrected chi connectivity index (χ0v) is 8.94. The Bertz CT molecular complexity index is 473. The fraction of sp³-hybridized carbons (Fsp3) is 0.417. The highest BCUT2D eigenvalue weighted by Crippen LogP contribution is 2.32. The molecule has 4 heteroatoms. The van der Waals surface area contributed by atoms with Gasteiger partial charge in [0.05, 0.1) is 11.8 Å². The van der Waals surface area contributed by atoms with E-state index < -0.39 is 0 Å². The van der Waals surface area contributed by atoms with Crippen molar-refractivity contribution >= 4 is 0 Å². The van der Waals surface area contributed by atoms with E-state index in [1.807, 2.05) is 6.20 Å². The maximum atomic E-state index is 9.15. The molecule has 4 nitrogen and oxygen atoms in total. The summed E-state index contributed by atoms with van der Waals surface area (Å²) in [5.74, 6) is 2.26. The molecule has 1 unspecified atom stereocenters. The number of nitrogens with one attached hydrogen (secondary N) is 1. The second kappa shape index (κ2) is 3.79. The lowest BCUT2D eigenvalue weighted by Gasteiger charge is -2.18. The third-order valence-corrected chi connectivity index (χ3v) is 3.23. The minimum absolute atomic E-state index is 0.251. The number of furan rings is 1. The van der Waals surface area contributed by atoms with E-state index in [0.29, 0.717) is 5.92 Å². The van der Waals surface area contributed by atoms with Crippen LogP contribution in [0.25, 0.3) is 11.3 Å². The Morgan fingerprint density at radius 2 is 2.50 bits per heavy atom. The van der Waals surface area contributed by atoms with Gasteiger partial charge in [0.2, 0.25) is 0 Å². The first-order valence-corrected chi connectivity index (χ1v) is 5.58. The Balaban J connectivity index is 1.92. The molecule has 16 heavy (non-hydrogen) atoms. The van der Waals surface area contributed by atoms with Crippen molar-refractivity contribution in [1.29, 1.82) is 0 Å². The van der Waals surface area contributed by atoms with Crippen molar-refractivity contribution in [3.05, 3.63) is 29.8 Å². The van der Waals surface area contributed by atoms with Crippen molar-refractivity contribution in [2.45, 2.75) is 19.3 Å². The highest BCUT2D eigenvalue weighted by atomic mass is 16.3. The normalized spacial score (nSPS) is 19.7. The largest absolute Gasteiger partial charge is 0.461 e. The smallest absolute Gasteiger partial charge is 0.137 e. The molecule has 0 bridgehead atoms. The Morgan fingerprint density at radius 1 is 1.56 bits per heavy atom. The second-order valence-electron chi connectivity index (χ2n) is 4.34. The van der Waals surface area contributed by atoms with Gasteiger partial charge in [-0.05, 0) is 30.4 Å². The monoisotopic (exact) mass is 218 g/mol. The van der Waals surface area contributed by atoms with Crippen molar-refractivity contribution < 1.29 is 9.52 Å². The Kier molecular flexibility index (Phi) is 2.29. The van der Waals surface area contributed by atoms with Gasteiger partial charge in [0.1, 0.15) is 11.5 Å². The number of rotatable bonds is 2. The summed E-state index contributed by atoms with van der Waals surface area (Å²) >= 11 is 0. The molecular weight excluding hydrogens is 204 g/mol. The van der Waals surface area contributed by atoms with Gasteiger partial charge in [-0.25, -0.2) is 0 Å². The number of H-pyrrole nitrogens is 1. The van der Waals surface area contributed by atoms with Crippen LogP contribution in [-0.2, 0) is 12.8 Å². The molecule has 0 radical (unpaired) electrons. The van der Waals surface area contributed by atoms with Gasteiger partial charge in [-0.15, -0.1) is 0 Å². The van der Waals surface area contributed by atoms with Crippen LogP contribution in [0.3, 0.4) is 0 Å². The fourth-order valence-corrected chi connectivity index (χ4v) is 2.26. The molecule has 0 aliphatic heterocycles. The number of aliphatic hydroxyl groups excluding tert-OH is 1. The summed E-state index contributed by atoms with van der Waals surface area (Å²) < 4.78 is 5.81. The Hall–Kier alpha value is -1.55. The van der Waals surface area contributed by atoms with Crippen molar-refractivity contribution in [2.24, 2.45) is 5.92 Å². The van der Waals surface area contributed by atoms with Gasteiger partial charge in [-0.2, -0.15) is 5.10 Å². The Labute approximate surface area is 93.3 Å². The molecule has 1 atom stereocenters. The second-order valence-corrected chi connectivity index (χ2v) is 4.34. The van der Waals surface area contributed by atoms with E-state index >= 15 is 0 Å². The quantitative estimate of drug-likeness (QED) is 0.807. The summed E-state index contributed by atoms with van der Waals surface area (Å²) in [5.41, 5.74) is 2.26. The molecule has 0 aromatic carbocycles. The average molecular weight is 218 g/mol. The number of aryl methyl sites for hydroxylation is 1. The van der Waals surface area contributed by atoms with Gasteiger partial charge in [-0.3, -0.25) is 5.10 Å². The number of nitrogens with zero attached hydrogens (tertiary/aromatic N) is 1. The maximum Gasteiger partial charge on any atom is 0.137 e. The number of aliphatic hydroxyl groups is 1. The summed E-state index contributed by atoms with van der Waals surface area (Å²) in [6, 6.07) is 2.09. The lowest BCUT2D eigenvalue weighted by Crippen LogP contribution is -2.15. The first-order valence-electron chi connectivity index (χ1n) is 5.58. The Morgan fingerprint density at radius 3 is 3.25 bits per heavy atom. The van der Waals surface area contributed by atoms with Gasteiger partial charge in [0, 0.05) is 19.2 Å². The first kappa shape index (κ1) is 9.66. The standard InChI is InChI=1S/C12H14N2O2/c15-7-8-1-2-9-4-12(16-11(9)3-8)10-5-13-14-6-10/h4-6,8,15H,1-3,7H2,(H,13,14). The fourth-order valence-electron chi connectivity index (χ4n) is 2.26. The molecule has 2 heterocycles. The predicted octanol–water partition coefficient (Wildman–Crippen LogP) is 1.77. The lowest BCUT2D eigenvalue weighted by molar-refractivity contribution is 0.206. The molecule has 1 aliphatic carbocycles. The first-order chi connectivity index (χ1) is 7.86. The zero-order chi connectivity index (χ0) is 11.0. The van der Waals surface area contributed by atoms with E-state index in [0.717, 1.165) is 36.3 Å². The van der Waals surface area contributed by atoms with Crippen LogP contribution in [0, 0.1) is 5.92 Å². The molecule has 3 rings (SSSR count). The predicted molar refractivity (Wildman–Crippen MR) is 58.9 cm³/mol. The zero-order valence-electron chi connectivity index (χ0n) is 8.94. The summed E-state index contributed by atoms with van der Waals surface area (Å²) in [6.45, 7) is 0.251. The summed E-state index contributed by atoms with van der Waals surface area (Å²) in [4.78, 5) is 0. The van der Waals surface area contributed by atoms with Gasteiger partial charge < -0.3 is 9.52 Å². The minimum Gasteiger partial charge on any atom is -0.461 e. The van der Waals surface area contributed by atoms with Crippen LogP contribution >= 0.6 is 0 Å². The SMILES string of the molecule is OCC1CCc2cc(-c3cn[nH]c3)oc2C1. The van der Waals surface area contributed by atoms with E-state index in [-0.39, 0.29) is 6.61 Å². The lowest BCUT2D eigenvalue weighted by atomic mass is 9.89. The molecule has 0 spiro atoms. The topological polar surface area (TPSA) is 62.1 Å². The van der Waals surface area contributed by atoms with Crippen LogP contribution in [0.5, 0.6) is 0 Å². The number of aromatic nitrogens is 2. The van der Waals surface area contributed by atoms with Crippen molar-refractivity contribution in [3.63, 3.8) is 0 Å². The van der Waals surface area contributed by atoms with Gasteiger partial charge in [0.25, 0.3) is 0 Å². The average Bonchev–Trinajstić information content (AvgIpc) is 2.96. The number of hydrogen-bond acceptors (Lipinski definition) is 3. The number of aromatic amines is 1. The van der Waals surface area contributed by atoms with Crippen molar-refractivity contribution in [2.75, 3.05) is 6.61 Å². The van der Waals surface area contributed by atoms with Crippen LogP contribution in [-0.4, -0.2) is 21.9 Å². The van der Waals surface area contributed by atoms with Crippen molar-refractivity contribution in [1.82, 2.24) is 10.2 Å². The maximum absolute atomic E-state index is 9.15. The molecule has 2 aromatic heterocycles. The molecule has 1 aliphatic rings. The molecule has 2 aromatic rings. The third-order valence-electron chi connectivity index (χ3n) is 3.23. The van der Waals surface area contributed by atoms with Crippen LogP contribution in [0.15, 0.2) is 22.9 Å². The van der Waals surface area contributed by atoms with Crippen LogP contribution < -0.4 is 0 Å².